The predicted molar refractivity (Wildman–Crippen MR) is 59.3 cm³/mol. The zero-order valence-electron chi connectivity index (χ0n) is 8.60. The molecule has 0 N–H and O–H groups in total. The molecule has 14 heavy (non-hydrogen) atoms. The van der Waals surface area contributed by atoms with Crippen molar-refractivity contribution >= 4 is 11.6 Å². The van der Waals surface area contributed by atoms with Gasteiger partial charge in [0.1, 0.15) is 0 Å². The van der Waals surface area contributed by atoms with Gasteiger partial charge in [0.25, 0.3) is 5.91 Å². The van der Waals surface area contributed by atoms with E-state index in [1.807, 2.05) is 44.2 Å². The van der Waals surface area contributed by atoms with Crippen molar-refractivity contribution in [1.82, 2.24) is 0 Å². The minimum absolute atomic E-state index is 0.0289. The van der Waals surface area contributed by atoms with Crippen LogP contribution in [0.25, 0.3) is 0 Å². The number of allylic oxidation sites excluding steroid dienone is 1. The Balaban J connectivity index is 2.88. The van der Waals surface area contributed by atoms with Gasteiger partial charge in [-0.2, -0.15) is 0 Å². The molecular weight excluding hydrogens is 174 g/mol. The van der Waals surface area contributed by atoms with Gasteiger partial charge in [0.05, 0.1) is 0 Å². The van der Waals surface area contributed by atoms with Crippen LogP contribution in [0.4, 0.5) is 5.69 Å². The number of rotatable bonds is 3. The van der Waals surface area contributed by atoms with Gasteiger partial charge in [-0.25, -0.2) is 0 Å². The fraction of sp³-hybridized carbons (Fsp3) is 0.250. The van der Waals surface area contributed by atoms with Gasteiger partial charge < -0.3 is 4.90 Å². The Hall–Kier alpha value is -1.57. The van der Waals surface area contributed by atoms with Crippen LogP contribution in [0.3, 0.4) is 0 Å². The average molecular weight is 189 g/mol. The van der Waals surface area contributed by atoms with E-state index in [1.165, 1.54) is 0 Å². The molecule has 0 aliphatic heterocycles. The highest BCUT2D eigenvalue weighted by Gasteiger charge is 2.08. The highest BCUT2D eigenvalue weighted by molar-refractivity contribution is 6.01. The normalized spacial score (nSPS) is 10.4. The van der Waals surface area contributed by atoms with Crippen molar-refractivity contribution in [3.05, 3.63) is 42.5 Å². The lowest BCUT2D eigenvalue weighted by Gasteiger charge is -2.18. The number of para-hydroxylation sites is 1. The van der Waals surface area contributed by atoms with E-state index >= 15 is 0 Å². The van der Waals surface area contributed by atoms with E-state index in [0.29, 0.717) is 6.54 Å². The van der Waals surface area contributed by atoms with Crippen molar-refractivity contribution in [2.75, 3.05) is 11.4 Å². The molecule has 0 saturated carbocycles. The SMILES string of the molecule is CC=CC(=O)N(CC)c1ccccc1. The van der Waals surface area contributed by atoms with Crippen molar-refractivity contribution in [2.24, 2.45) is 0 Å². The predicted octanol–water partition coefficient (Wildman–Crippen LogP) is 2.62. The van der Waals surface area contributed by atoms with Crippen LogP contribution in [-0.2, 0) is 4.79 Å². The van der Waals surface area contributed by atoms with Gasteiger partial charge >= 0.3 is 0 Å². The molecule has 0 aliphatic carbocycles. The number of carbonyl (C=O) groups is 1. The smallest absolute Gasteiger partial charge is 0.250 e. The number of likely N-dealkylation sites (N-methyl/N-ethyl adjacent to an activating group) is 1. The highest BCUT2D eigenvalue weighted by atomic mass is 16.2. The summed E-state index contributed by atoms with van der Waals surface area (Å²) in [6, 6.07) is 9.68. The molecule has 0 saturated heterocycles. The number of hydrogen-bond donors (Lipinski definition) is 0. The fourth-order valence-electron chi connectivity index (χ4n) is 1.31. The molecule has 0 unspecified atom stereocenters. The van der Waals surface area contributed by atoms with Crippen molar-refractivity contribution < 1.29 is 4.79 Å². The van der Waals surface area contributed by atoms with E-state index in [9.17, 15) is 4.79 Å². The van der Waals surface area contributed by atoms with E-state index in [4.69, 9.17) is 0 Å². The first-order valence-electron chi connectivity index (χ1n) is 4.78. The molecule has 0 aromatic heterocycles. The maximum absolute atomic E-state index is 11.6. The van der Waals surface area contributed by atoms with Crippen LogP contribution in [0.5, 0.6) is 0 Å². The molecule has 1 rings (SSSR count). The molecule has 74 valence electrons. The Labute approximate surface area is 84.9 Å². The number of anilines is 1. The minimum atomic E-state index is 0.0289. The third kappa shape index (κ3) is 2.46. The first-order chi connectivity index (χ1) is 6.79. The Kier molecular flexibility index (Phi) is 3.92. The summed E-state index contributed by atoms with van der Waals surface area (Å²) in [5.41, 5.74) is 0.943. The number of benzene rings is 1. The maximum atomic E-state index is 11.6. The second-order valence-corrected chi connectivity index (χ2v) is 2.92. The summed E-state index contributed by atoms with van der Waals surface area (Å²) >= 11 is 0. The number of hydrogen-bond acceptors (Lipinski definition) is 1. The first kappa shape index (κ1) is 10.5. The molecular formula is C12H15NO. The molecule has 1 aromatic rings. The molecule has 1 aromatic carbocycles. The van der Waals surface area contributed by atoms with Crippen LogP contribution in [0.2, 0.25) is 0 Å². The van der Waals surface area contributed by atoms with Crippen molar-refractivity contribution in [3.8, 4) is 0 Å². The van der Waals surface area contributed by atoms with Crippen LogP contribution >= 0.6 is 0 Å². The lowest BCUT2D eigenvalue weighted by Crippen LogP contribution is -2.28. The summed E-state index contributed by atoms with van der Waals surface area (Å²) in [5.74, 6) is 0.0289. The van der Waals surface area contributed by atoms with Gasteiger partial charge in [-0.1, -0.05) is 24.3 Å². The summed E-state index contributed by atoms with van der Waals surface area (Å²) in [4.78, 5) is 13.3. The molecule has 0 atom stereocenters. The standard InChI is InChI=1S/C12H15NO/c1-3-8-12(14)13(4-2)11-9-6-5-7-10-11/h3,5-10H,4H2,1-2H3. The van der Waals surface area contributed by atoms with Gasteiger partial charge in [-0.3, -0.25) is 4.79 Å². The molecule has 1 amide bonds. The van der Waals surface area contributed by atoms with Crippen LogP contribution < -0.4 is 4.90 Å². The third-order valence-corrected chi connectivity index (χ3v) is 1.96. The largest absolute Gasteiger partial charge is 0.309 e. The molecule has 0 spiro atoms. The number of nitrogens with zero attached hydrogens (tertiary/aromatic N) is 1. The van der Waals surface area contributed by atoms with Gasteiger partial charge in [0.15, 0.2) is 0 Å². The fourth-order valence-corrected chi connectivity index (χ4v) is 1.31. The van der Waals surface area contributed by atoms with Crippen molar-refractivity contribution in [3.63, 3.8) is 0 Å². The van der Waals surface area contributed by atoms with E-state index in [-0.39, 0.29) is 5.91 Å². The van der Waals surface area contributed by atoms with Crippen LogP contribution in [-0.4, -0.2) is 12.5 Å². The monoisotopic (exact) mass is 189 g/mol. The molecule has 0 radical (unpaired) electrons. The number of carbonyl (C=O) groups excluding carboxylic acids is 1. The molecule has 0 fully saturated rings. The topological polar surface area (TPSA) is 20.3 Å². The molecule has 2 nitrogen and oxygen atoms in total. The van der Waals surface area contributed by atoms with Gasteiger partial charge in [0.2, 0.25) is 0 Å². The second-order valence-electron chi connectivity index (χ2n) is 2.92. The summed E-state index contributed by atoms with van der Waals surface area (Å²) in [5, 5.41) is 0. The zero-order valence-corrected chi connectivity index (χ0v) is 8.60. The van der Waals surface area contributed by atoms with E-state index in [0.717, 1.165) is 5.69 Å². The van der Waals surface area contributed by atoms with Gasteiger partial charge in [0, 0.05) is 12.2 Å². The quantitative estimate of drug-likeness (QED) is 0.669. The highest BCUT2D eigenvalue weighted by Crippen LogP contribution is 2.12. The van der Waals surface area contributed by atoms with Crippen LogP contribution in [0.1, 0.15) is 13.8 Å². The summed E-state index contributed by atoms with van der Waals surface area (Å²) in [7, 11) is 0. The number of amides is 1. The average Bonchev–Trinajstić information content (AvgIpc) is 2.21. The Morgan fingerprint density at radius 3 is 2.50 bits per heavy atom. The molecule has 0 bridgehead atoms. The van der Waals surface area contributed by atoms with Gasteiger partial charge in [-0.15, -0.1) is 0 Å². The molecule has 0 heterocycles. The Morgan fingerprint density at radius 2 is 2.00 bits per heavy atom. The summed E-state index contributed by atoms with van der Waals surface area (Å²) < 4.78 is 0. The lowest BCUT2D eigenvalue weighted by atomic mass is 10.3. The van der Waals surface area contributed by atoms with E-state index in [1.54, 1.807) is 17.1 Å². The first-order valence-corrected chi connectivity index (χ1v) is 4.78. The Morgan fingerprint density at radius 1 is 1.36 bits per heavy atom. The summed E-state index contributed by atoms with van der Waals surface area (Å²) in [6.07, 6.45) is 3.34. The molecule has 0 aliphatic rings. The van der Waals surface area contributed by atoms with E-state index < -0.39 is 0 Å². The lowest BCUT2D eigenvalue weighted by molar-refractivity contribution is -0.114. The van der Waals surface area contributed by atoms with Gasteiger partial charge in [-0.05, 0) is 32.1 Å². The minimum Gasteiger partial charge on any atom is -0.309 e. The summed E-state index contributed by atoms with van der Waals surface area (Å²) in [6.45, 7) is 4.50. The second kappa shape index (κ2) is 5.22. The third-order valence-electron chi connectivity index (χ3n) is 1.96. The Bertz CT molecular complexity index is 316. The zero-order chi connectivity index (χ0) is 10.4. The van der Waals surface area contributed by atoms with E-state index in [2.05, 4.69) is 0 Å². The molecule has 2 heteroatoms. The maximum Gasteiger partial charge on any atom is 0.250 e. The van der Waals surface area contributed by atoms with Crippen LogP contribution in [0, 0.1) is 0 Å². The van der Waals surface area contributed by atoms with Crippen molar-refractivity contribution in [1.29, 1.82) is 0 Å². The van der Waals surface area contributed by atoms with Crippen molar-refractivity contribution in [2.45, 2.75) is 13.8 Å². The van der Waals surface area contributed by atoms with Crippen LogP contribution in [0.15, 0.2) is 42.5 Å².